The van der Waals surface area contributed by atoms with Crippen molar-refractivity contribution in [2.24, 2.45) is 5.92 Å². The van der Waals surface area contributed by atoms with Gasteiger partial charge in [0.15, 0.2) is 0 Å². The van der Waals surface area contributed by atoms with Gasteiger partial charge < -0.3 is 4.74 Å². The summed E-state index contributed by atoms with van der Waals surface area (Å²) in [5.41, 5.74) is 0. The standard InChI is InChI=1S/C10H16O5/c1-4-13-9(11)5-6-10(12)15-14-7-8(2)3/h5-6,8H,4,7H2,1-3H3/b6-5-. The van der Waals surface area contributed by atoms with Crippen LogP contribution in [-0.4, -0.2) is 25.2 Å². The van der Waals surface area contributed by atoms with E-state index in [0.29, 0.717) is 6.61 Å². The highest BCUT2D eigenvalue weighted by Gasteiger charge is 2.02. The third-order valence-corrected chi connectivity index (χ3v) is 1.18. The molecule has 0 N–H and O–H groups in total. The van der Waals surface area contributed by atoms with Gasteiger partial charge in [0, 0.05) is 12.2 Å². The minimum atomic E-state index is -0.733. The Kier molecular flexibility index (Phi) is 7.27. The van der Waals surface area contributed by atoms with Crippen LogP contribution in [0.1, 0.15) is 20.8 Å². The monoisotopic (exact) mass is 216 g/mol. The Morgan fingerprint density at radius 3 is 2.33 bits per heavy atom. The van der Waals surface area contributed by atoms with Crippen LogP contribution in [0.25, 0.3) is 0 Å². The Labute approximate surface area is 88.9 Å². The Morgan fingerprint density at radius 1 is 1.20 bits per heavy atom. The van der Waals surface area contributed by atoms with Crippen LogP contribution in [0.5, 0.6) is 0 Å². The predicted molar refractivity (Wildman–Crippen MR) is 52.7 cm³/mol. The molecule has 0 rings (SSSR count). The largest absolute Gasteiger partial charge is 0.463 e. The Hall–Kier alpha value is -1.36. The summed E-state index contributed by atoms with van der Waals surface area (Å²) in [6, 6.07) is 0. The van der Waals surface area contributed by atoms with Crippen molar-refractivity contribution in [2.45, 2.75) is 20.8 Å². The van der Waals surface area contributed by atoms with Gasteiger partial charge in [0.25, 0.3) is 0 Å². The second-order valence-electron chi connectivity index (χ2n) is 3.17. The summed E-state index contributed by atoms with van der Waals surface area (Å²) >= 11 is 0. The van der Waals surface area contributed by atoms with Gasteiger partial charge in [0.1, 0.15) is 0 Å². The van der Waals surface area contributed by atoms with E-state index in [0.717, 1.165) is 12.2 Å². The highest BCUT2D eigenvalue weighted by atomic mass is 17.2. The number of ether oxygens (including phenoxy) is 1. The first-order chi connectivity index (χ1) is 7.06. The fourth-order valence-corrected chi connectivity index (χ4v) is 0.582. The van der Waals surface area contributed by atoms with Crippen molar-refractivity contribution >= 4 is 11.9 Å². The molecule has 5 heteroatoms. The van der Waals surface area contributed by atoms with Crippen molar-refractivity contribution < 1.29 is 24.1 Å². The molecule has 0 spiro atoms. The summed E-state index contributed by atoms with van der Waals surface area (Å²) < 4.78 is 4.56. The highest BCUT2D eigenvalue weighted by Crippen LogP contribution is 1.94. The van der Waals surface area contributed by atoms with Gasteiger partial charge in [0.05, 0.1) is 13.2 Å². The molecule has 0 aliphatic heterocycles. The molecule has 5 nitrogen and oxygen atoms in total. The van der Waals surface area contributed by atoms with E-state index in [4.69, 9.17) is 0 Å². The van der Waals surface area contributed by atoms with Crippen molar-refractivity contribution in [3.05, 3.63) is 12.2 Å². The van der Waals surface area contributed by atoms with E-state index in [1.807, 2.05) is 13.8 Å². The molecular formula is C10H16O5. The van der Waals surface area contributed by atoms with Gasteiger partial charge >= 0.3 is 11.9 Å². The first kappa shape index (κ1) is 13.6. The Morgan fingerprint density at radius 2 is 1.80 bits per heavy atom. The van der Waals surface area contributed by atoms with Gasteiger partial charge in [0.2, 0.25) is 0 Å². The molecule has 0 saturated heterocycles. The van der Waals surface area contributed by atoms with Crippen molar-refractivity contribution in [3.8, 4) is 0 Å². The second kappa shape index (κ2) is 7.99. The van der Waals surface area contributed by atoms with Gasteiger partial charge in [-0.2, -0.15) is 4.89 Å². The molecule has 15 heavy (non-hydrogen) atoms. The van der Waals surface area contributed by atoms with E-state index in [1.165, 1.54) is 0 Å². The van der Waals surface area contributed by atoms with Crippen LogP contribution in [0.3, 0.4) is 0 Å². The first-order valence-corrected chi connectivity index (χ1v) is 4.74. The summed E-state index contributed by atoms with van der Waals surface area (Å²) in [7, 11) is 0. The van der Waals surface area contributed by atoms with E-state index in [2.05, 4.69) is 14.5 Å². The summed E-state index contributed by atoms with van der Waals surface area (Å²) in [6.45, 7) is 6.10. The first-order valence-electron chi connectivity index (χ1n) is 4.74. The van der Waals surface area contributed by atoms with E-state index in [-0.39, 0.29) is 12.5 Å². The lowest BCUT2D eigenvalue weighted by molar-refractivity contribution is -0.271. The maximum atomic E-state index is 10.9. The van der Waals surface area contributed by atoms with Gasteiger partial charge in [-0.25, -0.2) is 9.59 Å². The number of hydrogen-bond acceptors (Lipinski definition) is 5. The lowest BCUT2D eigenvalue weighted by atomic mass is 10.2. The molecule has 0 radical (unpaired) electrons. The molecule has 0 atom stereocenters. The summed E-state index contributed by atoms with van der Waals surface area (Å²) in [4.78, 5) is 30.6. The van der Waals surface area contributed by atoms with E-state index < -0.39 is 11.9 Å². The lowest BCUT2D eigenvalue weighted by Gasteiger charge is -2.03. The molecule has 0 unspecified atom stereocenters. The fourth-order valence-electron chi connectivity index (χ4n) is 0.582. The number of carbonyl (C=O) groups excluding carboxylic acids is 2. The van der Waals surface area contributed by atoms with Gasteiger partial charge in [-0.05, 0) is 12.8 Å². The topological polar surface area (TPSA) is 61.8 Å². The molecular weight excluding hydrogens is 200 g/mol. The van der Waals surface area contributed by atoms with Crippen molar-refractivity contribution in [1.29, 1.82) is 0 Å². The Bertz CT molecular complexity index is 232. The molecule has 0 aromatic carbocycles. The minimum Gasteiger partial charge on any atom is -0.463 e. The zero-order chi connectivity index (χ0) is 11.7. The number of esters is 1. The fraction of sp³-hybridized carbons (Fsp3) is 0.600. The smallest absolute Gasteiger partial charge is 0.366 e. The van der Waals surface area contributed by atoms with Crippen LogP contribution >= 0.6 is 0 Å². The van der Waals surface area contributed by atoms with Crippen LogP contribution in [0, 0.1) is 5.92 Å². The molecule has 0 aliphatic carbocycles. The quantitative estimate of drug-likeness (QED) is 0.289. The molecule has 0 amide bonds. The maximum absolute atomic E-state index is 10.9. The summed E-state index contributed by atoms with van der Waals surface area (Å²) in [5, 5.41) is 0. The zero-order valence-electron chi connectivity index (χ0n) is 9.19. The minimum absolute atomic E-state index is 0.266. The van der Waals surface area contributed by atoms with E-state index in [9.17, 15) is 9.59 Å². The van der Waals surface area contributed by atoms with Crippen molar-refractivity contribution in [2.75, 3.05) is 13.2 Å². The van der Waals surface area contributed by atoms with Gasteiger partial charge in [-0.1, -0.05) is 13.8 Å². The molecule has 86 valence electrons. The zero-order valence-corrected chi connectivity index (χ0v) is 9.19. The number of hydrogen-bond donors (Lipinski definition) is 0. The maximum Gasteiger partial charge on any atom is 0.366 e. The van der Waals surface area contributed by atoms with Crippen LogP contribution in [-0.2, 0) is 24.1 Å². The molecule has 0 heterocycles. The second-order valence-corrected chi connectivity index (χ2v) is 3.17. The van der Waals surface area contributed by atoms with Crippen LogP contribution in [0.15, 0.2) is 12.2 Å². The summed E-state index contributed by atoms with van der Waals surface area (Å²) in [6.07, 6.45) is 1.95. The predicted octanol–water partition coefficient (Wildman–Crippen LogP) is 1.24. The van der Waals surface area contributed by atoms with Gasteiger partial charge in [-0.15, -0.1) is 0 Å². The van der Waals surface area contributed by atoms with Crippen molar-refractivity contribution in [1.82, 2.24) is 0 Å². The van der Waals surface area contributed by atoms with Crippen LogP contribution in [0.4, 0.5) is 0 Å². The molecule has 0 fully saturated rings. The SMILES string of the molecule is CCOC(=O)/C=C\C(=O)OOCC(C)C. The number of carbonyl (C=O) groups is 2. The normalized spacial score (nSPS) is 10.7. The molecule has 0 aromatic heterocycles. The van der Waals surface area contributed by atoms with Gasteiger partial charge in [-0.3, -0.25) is 4.89 Å². The average molecular weight is 216 g/mol. The van der Waals surface area contributed by atoms with Crippen LogP contribution in [0.2, 0.25) is 0 Å². The molecule has 0 bridgehead atoms. The number of rotatable bonds is 6. The Balaban J connectivity index is 3.68. The van der Waals surface area contributed by atoms with E-state index >= 15 is 0 Å². The molecule has 0 saturated carbocycles. The molecule has 0 aliphatic rings. The molecule has 0 aromatic rings. The highest BCUT2D eigenvalue weighted by molar-refractivity contribution is 5.91. The van der Waals surface area contributed by atoms with E-state index in [1.54, 1.807) is 6.92 Å². The lowest BCUT2D eigenvalue weighted by Crippen LogP contribution is -2.08. The third kappa shape index (κ3) is 8.96. The summed E-state index contributed by atoms with van der Waals surface area (Å²) in [5.74, 6) is -1.05. The average Bonchev–Trinajstić information content (AvgIpc) is 2.14. The third-order valence-electron chi connectivity index (χ3n) is 1.18. The van der Waals surface area contributed by atoms with Crippen molar-refractivity contribution in [3.63, 3.8) is 0 Å². The van der Waals surface area contributed by atoms with Crippen LogP contribution < -0.4 is 0 Å².